The molecule has 10 nitrogen and oxygen atoms in total. The van der Waals surface area contributed by atoms with E-state index in [-0.39, 0.29) is 5.82 Å². The van der Waals surface area contributed by atoms with E-state index < -0.39 is 12.1 Å². The predicted molar refractivity (Wildman–Crippen MR) is 130 cm³/mol. The van der Waals surface area contributed by atoms with Crippen LogP contribution in [0.4, 0.5) is 19.1 Å². The number of aromatic nitrogens is 5. The van der Waals surface area contributed by atoms with Crippen LogP contribution in [0.5, 0.6) is 5.75 Å². The third-order valence-electron chi connectivity index (χ3n) is 5.76. The summed E-state index contributed by atoms with van der Waals surface area (Å²) >= 11 is 0. The summed E-state index contributed by atoms with van der Waals surface area (Å²) in [5, 5.41) is 6.46. The van der Waals surface area contributed by atoms with Crippen molar-refractivity contribution in [2.45, 2.75) is 12.7 Å². The summed E-state index contributed by atoms with van der Waals surface area (Å²) in [6.45, 7) is 5.17. The van der Waals surface area contributed by atoms with E-state index in [1.165, 1.54) is 6.20 Å². The van der Waals surface area contributed by atoms with Gasteiger partial charge in [-0.25, -0.2) is 9.97 Å². The summed E-state index contributed by atoms with van der Waals surface area (Å²) in [5.74, 6) is -0.387. The molecule has 1 aliphatic rings. The molecular formula is C25H24F3N7O3. The molecule has 38 heavy (non-hydrogen) atoms. The van der Waals surface area contributed by atoms with Crippen molar-refractivity contribution in [2.75, 3.05) is 44.8 Å². The fourth-order valence-corrected chi connectivity index (χ4v) is 3.73. The molecule has 0 radical (unpaired) electrons. The van der Waals surface area contributed by atoms with E-state index in [1.54, 1.807) is 18.3 Å². The van der Waals surface area contributed by atoms with Gasteiger partial charge in [0.15, 0.2) is 0 Å². The molecule has 0 atom stereocenters. The molecule has 0 saturated carbocycles. The third kappa shape index (κ3) is 6.61. The number of morpholine rings is 1. The first kappa shape index (κ1) is 25.5. The van der Waals surface area contributed by atoms with Crippen LogP contribution in [0, 0.1) is 0 Å². The predicted octanol–water partition coefficient (Wildman–Crippen LogP) is 3.93. The van der Waals surface area contributed by atoms with Gasteiger partial charge >= 0.3 is 12.1 Å². The molecule has 1 fully saturated rings. The van der Waals surface area contributed by atoms with E-state index in [2.05, 4.69) is 39.8 Å². The Kier molecular flexibility index (Phi) is 7.75. The first-order valence-electron chi connectivity index (χ1n) is 11.9. The van der Waals surface area contributed by atoms with Gasteiger partial charge in [0.1, 0.15) is 12.4 Å². The summed E-state index contributed by atoms with van der Waals surface area (Å²) in [5.41, 5.74) is 2.58. The minimum Gasteiger partial charge on any atom is -0.492 e. The maximum atomic E-state index is 12.7. The number of nitrogens with zero attached hydrogens (tertiary/aromatic N) is 6. The molecular weight excluding hydrogens is 503 g/mol. The molecule has 4 aromatic rings. The van der Waals surface area contributed by atoms with Crippen LogP contribution in [0.1, 0.15) is 11.6 Å². The number of hydrogen-bond donors (Lipinski definition) is 1. The van der Waals surface area contributed by atoms with Crippen molar-refractivity contribution in [1.82, 2.24) is 30.0 Å². The minimum atomic E-state index is -4.70. The third-order valence-corrected chi connectivity index (χ3v) is 5.76. The number of anilines is 1. The monoisotopic (exact) mass is 527 g/mol. The first-order chi connectivity index (χ1) is 18.4. The van der Waals surface area contributed by atoms with Gasteiger partial charge in [-0.1, -0.05) is 5.16 Å². The normalized spacial score (nSPS) is 14.4. The molecule has 0 bridgehead atoms. The van der Waals surface area contributed by atoms with Gasteiger partial charge in [-0.05, 0) is 42.5 Å². The highest BCUT2D eigenvalue weighted by Gasteiger charge is 2.38. The second-order valence-electron chi connectivity index (χ2n) is 8.41. The number of alkyl halides is 3. The Labute approximate surface area is 215 Å². The second kappa shape index (κ2) is 11.5. The van der Waals surface area contributed by atoms with Gasteiger partial charge in [0.05, 0.1) is 31.1 Å². The molecule has 198 valence electrons. The second-order valence-corrected chi connectivity index (χ2v) is 8.41. The zero-order valence-electron chi connectivity index (χ0n) is 20.2. The van der Waals surface area contributed by atoms with Crippen molar-refractivity contribution in [1.29, 1.82) is 0 Å². The molecule has 13 heteroatoms. The van der Waals surface area contributed by atoms with E-state index in [0.29, 0.717) is 30.4 Å². The van der Waals surface area contributed by atoms with Gasteiger partial charge in [0.2, 0.25) is 11.8 Å². The standard InChI is InChI=1S/C25H24F3N7O3/c26-25(27,28)23-33-22(34-38-23)18-1-4-19(30-15-18)16-31-24-29-8-7-21(32-24)17-2-5-20(6-3-17)37-14-11-35-9-12-36-13-10-35/h1-8,15H,9-14,16H2,(H,29,31,32). The van der Waals surface area contributed by atoms with Crippen molar-refractivity contribution < 1.29 is 27.2 Å². The van der Waals surface area contributed by atoms with E-state index in [4.69, 9.17) is 9.47 Å². The topological polar surface area (TPSA) is 111 Å². The lowest BCUT2D eigenvalue weighted by Gasteiger charge is -2.26. The maximum absolute atomic E-state index is 12.7. The zero-order valence-corrected chi connectivity index (χ0v) is 20.2. The largest absolute Gasteiger partial charge is 0.492 e. The van der Waals surface area contributed by atoms with Gasteiger partial charge in [0, 0.05) is 43.2 Å². The summed E-state index contributed by atoms with van der Waals surface area (Å²) in [6.07, 6.45) is -1.66. The van der Waals surface area contributed by atoms with Gasteiger partial charge < -0.3 is 19.3 Å². The maximum Gasteiger partial charge on any atom is 0.471 e. The number of nitrogens with one attached hydrogen (secondary N) is 1. The molecule has 1 aliphatic heterocycles. The molecule has 0 spiro atoms. The van der Waals surface area contributed by atoms with Gasteiger partial charge in [-0.3, -0.25) is 9.88 Å². The fraction of sp³-hybridized carbons (Fsp3) is 0.320. The molecule has 1 N–H and O–H groups in total. The van der Waals surface area contributed by atoms with Crippen LogP contribution in [0.2, 0.25) is 0 Å². The SMILES string of the molecule is FC(F)(F)c1nc(-c2ccc(CNc3nccc(-c4ccc(OCCN5CCOCC5)cc4)n3)nc2)no1. The Hall–Kier alpha value is -4.10. The summed E-state index contributed by atoms with van der Waals surface area (Å²) in [7, 11) is 0. The molecule has 4 heterocycles. The fourth-order valence-electron chi connectivity index (χ4n) is 3.73. The van der Waals surface area contributed by atoms with Crippen LogP contribution < -0.4 is 10.1 Å². The van der Waals surface area contributed by atoms with Gasteiger partial charge in [0.25, 0.3) is 0 Å². The molecule has 1 saturated heterocycles. The highest BCUT2D eigenvalue weighted by molar-refractivity contribution is 5.61. The van der Waals surface area contributed by atoms with Crippen molar-refractivity contribution in [2.24, 2.45) is 0 Å². The van der Waals surface area contributed by atoms with Crippen LogP contribution in [-0.2, 0) is 17.5 Å². The number of rotatable bonds is 9. The van der Waals surface area contributed by atoms with Crippen LogP contribution in [0.25, 0.3) is 22.6 Å². The highest BCUT2D eigenvalue weighted by Crippen LogP contribution is 2.29. The highest BCUT2D eigenvalue weighted by atomic mass is 19.4. The summed E-state index contributed by atoms with van der Waals surface area (Å²) in [4.78, 5) is 18.7. The average molecular weight is 528 g/mol. The van der Waals surface area contributed by atoms with Crippen LogP contribution in [0.3, 0.4) is 0 Å². The molecule has 0 unspecified atom stereocenters. The number of pyridine rings is 1. The first-order valence-corrected chi connectivity index (χ1v) is 11.9. The van der Waals surface area contributed by atoms with Gasteiger partial charge in [-0.2, -0.15) is 18.2 Å². The van der Waals surface area contributed by atoms with Crippen molar-refractivity contribution in [3.63, 3.8) is 0 Å². The van der Waals surface area contributed by atoms with E-state index in [1.807, 2.05) is 30.3 Å². The average Bonchev–Trinajstić information content (AvgIpc) is 3.45. The Balaban J connectivity index is 1.14. The van der Waals surface area contributed by atoms with E-state index in [0.717, 1.165) is 49.9 Å². The number of benzene rings is 1. The Morgan fingerprint density at radius 2 is 1.74 bits per heavy atom. The van der Waals surface area contributed by atoms with Gasteiger partial charge in [-0.15, -0.1) is 0 Å². The summed E-state index contributed by atoms with van der Waals surface area (Å²) in [6, 6.07) is 12.7. The lowest BCUT2D eigenvalue weighted by Crippen LogP contribution is -2.38. The van der Waals surface area contributed by atoms with E-state index >= 15 is 0 Å². The molecule has 5 rings (SSSR count). The summed E-state index contributed by atoms with van der Waals surface area (Å²) < 4.78 is 53.5. The lowest BCUT2D eigenvalue weighted by molar-refractivity contribution is -0.159. The van der Waals surface area contributed by atoms with Crippen molar-refractivity contribution in [3.05, 3.63) is 66.4 Å². The Morgan fingerprint density at radius 1 is 0.947 bits per heavy atom. The molecule has 1 aromatic carbocycles. The number of ether oxygens (including phenoxy) is 2. The van der Waals surface area contributed by atoms with Crippen molar-refractivity contribution >= 4 is 5.95 Å². The van der Waals surface area contributed by atoms with E-state index in [9.17, 15) is 13.2 Å². The smallest absolute Gasteiger partial charge is 0.471 e. The van der Waals surface area contributed by atoms with Crippen molar-refractivity contribution in [3.8, 4) is 28.4 Å². The van der Waals surface area contributed by atoms with Crippen LogP contribution in [0.15, 0.2) is 59.4 Å². The Bertz CT molecular complexity index is 1330. The lowest BCUT2D eigenvalue weighted by atomic mass is 10.1. The quantitative estimate of drug-likeness (QED) is 0.344. The van der Waals surface area contributed by atoms with Crippen LogP contribution in [-0.4, -0.2) is 69.4 Å². The minimum absolute atomic E-state index is 0.186. The number of hydrogen-bond acceptors (Lipinski definition) is 10. The zero-order chi connectivity index (χ0) is 26.4. The van der Waals surface area contributed by atoms with Crippen LogP contribution >= 0.6 is 0 Å². The molecule has 0 amide bonds. The Morgan fingerprint density at radius 3 is 2.45 bits per heavy atom. The number of halogens is 3. The molecule has 3 aromatic heterocycles. The molecule has 0 aliphatic carbocycles.